The number of hydrogen-bond donors (Lipinski definition) is 0. The average molecular weight is 503 g/mol. The number of carbonyl (C=O) groups excluding carboxylic acids is 1. The Morgan fingerprint density at radius 3 is 0.833 bits per heavy atom. The van der Waals surface area contributed by atoms with Crippen LogP contribution in [0.1, 0.15) is 194 Å². The zero-order valence-electron chi connectivity index (χ0n) is 25.0. The largest absolute Gasteiger partial charge is 0.290 e. The van der Waals surface area contributed by atoms with E-state index in [1.54, 1.807) is 12.2 Å². The Morgan fingerprint density at radius 1 is 0.361 bits per heavy atom. The maximum Gasteiger partial charge on any atom is 0.177 e. The van der Waals surface area contributed by atoms with Crippen LogP contribution in [0.5, 0.6) is 0 Å². The van der Waals surface area contributed by atoms with Crippen molar-refractivity contribution in [1.82, 2.24) is 0 Å². The van der Waals surface area contributed by atoms with Gasteiger partial charge in [0.05, 0.1) is 0 Å². The molecule has 0 amide bonds. The minimum absolute atomic E-state index is 0.166. The fraction of sp³-hybridized carbons (Fsp3) is 0.857. The smallest absolute Gasteiger partial charge is 0.177 e. The fourth-order valence-electron chi connectivity index (χ4n) is 5.01. The Morgan fingerprint density at radius 2 is 0.583 bits per heavy atom. The zero-order valence-corrected chi connectivity index (χ0v) is 25.0. The molecule has 1 nitrogen and oxygen atoms in total. The molecule has 212 valence electrons. The van der Waals surface area contributed by atoms with Crippen molar-refractivity contribution in [1.29, 1.82) is 0 Å². The van der Waals surface area contributed by atoms with Gasteiger partial charge in [0.2, 0.25) is 0 Å². The van der Waals surface area contributed by atoms with E-state index in [4.69, 9.17) is 0 Å². The number of unbranched alkanes of at least 4 members (excludes halogenated alkanes) is 26. The summed E-state index contributed by atoms with van der Waals surface area (Å²) < 4.78 is 0. The Hall–Kier alpha value is -0.850. The summed E-state index contributed by atoms with van der Waals surface area (Å²) in [5, 5.41) is 0. The van der Waals surface area contributed by atoms with Gasteiger partial charge in [-0.25, -0.2) is 0 Å². The highest BCUT2D eigenvalue weighted by molar-refractivity contribution is 5.99. The van der Waals surface area contributed by atoms with Crippen molar-refractivity contribution in [3.63, 3.8) is 0 Å². The molecule has 0 radical (unpaired) electrons. The molecule has 0 fully saturated rings. The molecule has 0 atom stereocenters. The lowest BCUT2D eigenvalue weighted by molar-refractivity contribution is -0.110. The molecule has 0 N–H and O–H groups in total. The van der Waals surface area contributed by atoms with Crippen molar-refractivity contribution in [2.75, 3.05) is 0 Å². The highest BCUT2D eigenvalue weighted by Crippen LogP contribution is 2.14. The molecular weight excluding hydrogens is 436 g/mol. The van der Waals surface area contributed by atoms with Gasteiger partial charge in [0.15, 0.2) is 5.78 Å². The number of rotatable bonds is 30. The van der Waals surface area contributed by atoms with Crippen molar-refractivity contribution in [3.8, 4) is 0 Å². The molecule has 0 saturated heterocycles. The van der Waals surface area contributed by atoms with Gasteiger partial charge in [-0.3, -0.25) is 4.79 Å². The van der Waals surface area contributed by atoms with E-state index in [1.165, 1.54) is 167 Å². The van der Waals surface area contributed by atoms with Gasteiger partial charge in [-0.15, -0.1) is 0 Å². The van der Waals surface area contributed by atoms with Crippen LogP contribution in [-0.4, -0.2) is 5.78 Å². The van der Waals surface area contributed by atoms with E-state index in [9.17, 15) is 4.79 Å². The van der Waals surface area contributed by atoms with Gasteiger partial charge in [-0.2, -0.15) is 0 Å². The van der Waals surface area contributed by atoms with E-state index in [2.05, 4.69) is 26.0 Å². The van der Waals surface area contributed by atoms with E-state index >= 15 is 0 Å². The first-order chi connectivity index (χ1) is 17.8. The lowest BCUT2D eigenvalue weighted by atomic mass is 10.0. The summed E-state index contributed by atoms with van der Waals surface area (Å²) in [5.74, 6) is 0.166. The first kappa shape index (κ1) is 35.2. The minimum Gasteiger partial charge on any atom is -0.290 e. The Kier molecular flexibility index (Phi) is 31.4. The maximum absolute atomic E-state index is 11.9. The molecule has 0 unspecified atom stereocenters. The Labute approximate surface area is 228 Å². The van der Waals surface area contributed by atoms with E-state index in [0.717, 1.165) is 12.8 Å². The standard InChI is InChI=1S/C35H66O/c1-3-5-7-9-11-13-15-17-19-21-23-25-27-29-31-33-35(36)34-32-30-28-26-24-22-20-18-16-14-12-10-8-6-4-2/h31-34H,3-30H2,1-2H3/b33-31+,34-32+. The predicted octanol–water partition coefficient (Wildman–Crippen LogP) is 12.6. The second kappa shape index (κ2) is 32.2. The van der Waals surface area contributed by atoms with Crippen molar-refractivity contribution < 1.29 is 4.79 Å². The molecule has 36 heavy (non-hydrogen) atoms. The van der Waals surface area contributed by atoms with Crippen LogP contribution in [0.15, 0.2) is 24.3 Å². The number of carbonyl (C=O) groups is 1. The molecule has 0 aliphatic heterocycles. The summed E-state index contributed by atoms with van der Waals surface area (Å²) in [6, 6.07) is 0. The molecule has 0 aliphatic carbocycles. The van der Waals surface area contributed by atoms with Gasteiger partial charge < -0.3 is 0 Å². The molecule has 0 aliphatic rings. The van der Waals surface area contributed by atoms with Crippen molar-refractivity contribution in [2.45, 2.75) is 194 Å². The molecule has 0 spiro atoms. The summed E-state index contributed by atoms with van der Waals surface area (Å²) in [7, 11) is 0. The molecule has 0 aromatic carbocycles. The maximum atomic E-state index is 11.9. The minimum atomic E-state index is 0.166. The van der Waals surface area contributed by atoms with Crippen LogP contribution in [0, 0.1) is 0 Å². The summed E-state index contributed by atoms with van der Waals surface area (Å²) >= 11 is 0. The van der Waals surface area contributed by atoms with Gasteiger partial charge in [-0.1, -0.05) is 180 Å². The van der Waals surface area contributed by atoms with Crippen molar-refractivity contribution in [3.05, 3.63) is 24.3 Å². The van der Waals surface area contributed by atoms with Gasteiger partial charge in [-0.05, 0) is 37.8 Å². The van der Waals surface area contributed by atoms with Crippen LogP contribution in [0.4, 0.5) is 0 Å². The lowest BCUT2D eigenvalue weighted by Crippen LogP contribution is -1.86. The van der Waals surface area contributed by atoms with Crippen LogP contribution in [0.3, 0.4) is 0 Å². The van der Waals surface area contributed by atoms with Crippen LogP contribution in [0.25, 0.3) is 0 Å². The summed E-state index contributed by atoms with van der Waals surface area (Å²) in [6.45, 7) is 4.57. The molecule has 0 aromatic heterocycles. The first-order valence-electron chi connectivity index (χ1n) is 16.7. The highest BCUT2D eigenvalue weighted by Gasteiger charge is 1.95. The third-order valence-corrected chi connectivity index (χ3v) is 7.51. The number of ketones is 1. The van der Waals surface area contributed by atoms with Crippen molar-refractivity contribution >= 4 is 5.78 Å². The third-order valence-electron chi connectivity index (χ3n) is 7.51. The normalized spacial score (nSPS) is 11.8. The average Bonchev–Trinajstić information content (AvgIpc) is 2.88. The van der Waals surface area contributed by atoms with Crippen molar-refractivity contribution in [2.24, 2.45) is 0 Å². The van der Waals surface area contributed by atoms with Gasteiger partial charge in [0, 0.05) is 0 Å². The van der Waals surface area contributed by atoms with E-state index in [1.807, 2.05) is 0 Å². The van der Waals surface area contributed by atoms with E-state index in [-0.39, 0.29) is 5.78 Å². The molecule has 0 heterocycles. The van der Waals surface area contributed by atoms with Crippen LogP contribution < -0.4 is 0 Å². The number of hydrogen-bond acceptors (Lipinski definition) is 1. The second-order valence-corrected chi connectivity index (χ2v) is 11.3. The Bertz CT molecular complexity index is 433. The molecule has 0 aromatic rings. The lowest BCUT2D eigenvalue weighted by Gasteiger charge is -2.02. The molecule has 0 bridgehead atoms. The van der Waals surface area contributed by atoms with E-state index in [0.29, 0.717) is 0 Å². The highest BCUT2D eigenvalue weighted by atomic mass is 16.1. The van der Waals surface area contributed by atoms with Gasteiger partial charge in [0.1, 0.15) is 0 Å². The fourth-order valence-corrected chi connectivity index (χ4v) is 5.01. The molecular formula is C35H66O. The first-order valence-corrected chi connectivity index (χ1v) is 16.7. The second-order valence-electron chi connectivity index (χ2n) is 11.3. The van der Waals surface area contributed by atoms with Crippen LogP contribution >= 0.6 is 0 Å². The zero-order chi connectivity index (χ0) is 26.2. The summed E-state index contributed by atoms with van der Waals surface area (Å²) in [4.78, 5) is 11.9. The van der Waals surface area contributed by atoms with Crippen LogP contribution in [0.2, 0.25) is 0 Å². The quantitative estimate of drug-likeness (QED) is 0.0704. The number of allylic oxidation sites excluding steroid dienone is 4. The Balaban J connectivity index is 3.29. The van der Waals surface area contributed by atoms with Crippen LogP contribution in [-0.2, 0) is 4.79 Å². The third kappa shape index (κ3) is 31.2. The monoisotopic (exact) mass is 503 g/mol. The summed E-state index contributed by atoms with van der Waals surface area (Å²) in [6.07, 6.45) is 46.0. The van der Waals surface area contributed by atoms with Gasteiger partial charge >= 0.3 is 0 Å². The molecule has 0 saturated carbocycles. The summed E-state index contributed by atoms with van der Waals surface area (Å²) in [5.41, 5.74) is 0. The molecule has 1 heteroatoms. The predicted molar refractivity (Wildman–Crippen MR) is 164 cm³/mol. The van der Waals surface area contributed by atoms with Gasteiger partial charge in [0.25, 0.3) is 0 Å². The molecule has 0 rings (SSSR count). The topological polar surface area (TPSA) is 17.1 Å². The SMILES string of the molecule is CCCCCCCCCCCCCCC/C=C/C(=O)/C=C/CCCCCCCCCCCCCCC. The van der Waals surface area contributed by atoms with E-state index < -0.39 is 0 Å².